The van der Waals surface area contributed by atoms with E-state index in [2.05, 4.69) is 12.1 Å². The van der Waals surface area contributed by atoms with Crippen LogP contribution in [-0.2, 0) is 11.4 Å². The molecule has 0 saturated carbocycles. The number of thioether (sulfide) groups is 1. The Kier molecular flexibility index (Phi) is 8.48. The van der Waals surface area contributed by atoms with Crippen LogP contribution in [-0.4, -0.2) is 43.4 Å². The Hall–Kier alpha value is -4.14. The molecule has 5 rings (SSSR count). The molecule has 0 aliphatic carbocycles. The predicted molar refractivity (Wildman–Crippen MR) is 157 cm³/mol. The molecule has 4 aromatic carbocycles. The predicted octanol–water partition coefficient (Wildman–Crippen LogP) is 7.20. The number of imide groups is 1. The van der Waals surface area contributed by atoms with Crippen molar-refractivity contribution < 1.29 is 28.5 Å². The van der Waals surface area contributed by atoms with Gasteiger partial charge in [0, 0.05) is 0 Å². The number of methoxy groups -OCH3 is 2. The number of para-hydroxylation sites is 2. The fourth-order valence-electron chi connectivity index (χ4n) is 4.36. The van der Waals surface area contributed by atoms with Gasteiger partial charge in [0.15, 0.2) is 23.0 Å². The maximum atomic E-state index is 13.0. The van der Waals surface area contributed by atoms with Crippen LogP contribution in [0, 0.1) is 0 Å². The van der Waals surface area contributed by atoms with Crippen molar-refractivity contribution in [2.45, 2.75) is 6.61 Å². The molecule has 0 aromatic heterocycles. The largest absolute Gasteiger partial charge is 0.493 e. The third-order valence-corrected chi connectivity index (χ3v) is 7.50. The number of nitrogens with zero attached hydrogens (tertiary/aromatic N) is 1. The number of rotatable bonds is 10. The first kappa shape index (κ1) is 27.4. The average molecular weight is 576 g/mol. The van der Waals surface area contributed by atoms with Gasteiger partial charge in [-0.05, 0) is 64.0 Å². The topological polar surface area (TPSA) is 74.3 Å². The van der Waals surface area contributed by atoms with Crippen LogP contribution >= 0.6 is 23.4 Å². The van der Waals surface area contributed by atoms with E-state index in [0.717, 1.165) is 33.0 Å². The minimum Gasteiger partial charge on any atom is -0.493 e. The zero-order valence-electron chi connectivity index (χ0n) is 21.9. The highest BCUT2D eigenvalue weighted by Gasteiger charge is 2.35. The molecular weight excluding hydrogens is 550 g/mol. The average Bonchev–Trinajstić information content (AvgIpc) is 3.23. The molecule has 2 amide bonds. The van der Waals surface area contributed by atoms with Crippen LogP contribution in [0.5, 0.6) is 23.0 Å². The molecule has 1 fully saturated rings. The van der Waals surface area contributed by atoms with Crippen molar-refractivity contribution in [1.29, 1.82) is 0 Å². The van der Waals surface area contributed by atoms with Crippen molar-refractivity contribution in [3.05, 3.63) is 99.9 Å². The number of fused-ring (bicyclic) bond motifs is 1. The molecule has 0 spiro atoms. The summed E-state index contributed by atoms with van der Waals surface area (Å²) in [5.74, 6) is 1.54. The van der Waals surface area contributed by atoms with Crippen LogP contribution in [0.2, 0.25) is 5.02 Å². The Labute approximate surface area is 241 Å². The lowest BCUT2D eigenvalue weighted by molar-refractivity contribution is -0.123. The molecule has 0 bridgehead atoms. The molecule has 9 heteroatoms. The van der Waals surface area contributed by atoms with Crippen molar-refractivity contribution in [3.8, 4) is 23.0 Å². The van der Waals surface area contributed by atoms with Gasteiger partial charge in [-0.2, -0.15) is 0 Å². The van der Waals surface area contributed by atoms with Gasteiger partial charge in [-0.3, -0.25) is 14.5 Å². The lowest BCUT2D eigenvalue weighted by atomic mass is 10.1. The number of carbonyl (C=O) groups excluding carboxylic acids is 2. The van der Waals surface area contributed by atoms with Gasteiger partial charge in [0.1, 0.15) is 13.2 Å². The highest BCUT2D eigenvalue weighted by molar-refractivity contribution is 8.18. The highest BCUT2D eigenvalue weighted by Crippen LogP contribution is 2.39. The summed E-state index contributed by atoms with van der Waals surface area (Å²) in [4.78, 5) is 27.0. The van der Waals surface area contributed by atoms with Crippen molar-refractivity contribution in [3.63, 3.8) is 0 Å². The number of halogens is 1. The number of ether oxygens (including phenoxy) is 4. The van der Waals surface area contributed by atoms with Gasteiger partial charge in [-0.1, -0.05) is 66.2 Å². The molecule has 1 heterocycles. The van der Waals surface area contributed by atoms with Crippen LogP contribution in [0.3, 0.4) is 0 Å². The molecular formula is C31H26ClNO6S. The second-order valence-corrected chi connectivity index (χ2v) is 10.2. The summed E-state index contributed by atoms with van der Waals surface area (Å²) in [6, 6.07) is 24.7. The van der Waals surface area contributed by atoms with Gasteiger partial charge in [0.05, 0.1) is 30.7 Å². The third kappa shape index (κ3) is 5.88. The van der Waals surface area contributed by atoms with E-state index in [-0.39, 0.29) is 23.3 Å². The van der Waals surface area contributed by atoms with Crippen molar-refractivity contribution in [1.82, 2.24) is 4.90 Å². The van der Waals surface area contributed by atoms with Gasteiger partial charge in [0.2, 0.25) is 0 Å². The fraction of sp³-hybridized carbons (Fsp3) is 0.161. The second-order valence-electron chi connectivity index (χ2n) is 8.79. The standard InChI is InChI=1S/C31H26ClNO6S/c1-36-25-12-5-6-13-26(25)38-15-14-33-30(34)28(40-31(33)35)18-20-16-24(32)29(27(17-20)37-2)39-19-22-10-7-9-21-8-3-4-11-23(21)22/h3-13,16-18H,14-15,19H2,1-2H3/b28-18-. The molecule has 0 unspecified atom stereocenters. The maximum absolute atomic E-state index is 13.0. The van der Waals surface area contributed by atoms with Crippen LogP contribution in [0.1, 0.15) is 11.1 Å². The molecule has 1 aliphatic heterocycles. The van der Waals surface area contributed by atoms with E-state index >= 15 is 0 Å². The molecule has 1 saturated heterocycles. The Balaban J connectivity index is 1.28. The van der Waals surface area contributed by atoms with E-state index < -0.39 is 5.91 Å². The smallest absolute Gasteiger partial charge is 0.293 e. The van der Waals surface area contributed by atoms with E-state index in [9.17, 15) is 9.59 Å². The van der Waals surface area contributed by atoms with Crippen LogP contribution in [0.15, 0.2) is 83.8 Å². The van der Waals surface area contributed by atoms with E-state index in [1.165, 1.54) is 7.11 Å². The maximum Gasteiger partial charge on any atom is 0.293 e. The number of hydrogen-bond acceptors (Lipinski definition) is 7. The van der Waals surface area contributed by atoms with E-state index in [1.807, 2.05) is 42.5 Å². The third-order valence-electron chi connectivity index (χ3n) is 6.32. The normalized spacial score (nSPS) is 14.2. The summed E-state index contributed by atoms with van der Waals surface area (Å²) in [6.45, 7) is 0.533. The van der Waals surface area contributed by atoms with E-state index in [0.29, 0.717) is 40.2 Å². The van der Waals surface area contributed by atoms with Crippen molar-refractivity contribution in [2.75, 3.05) is 27.4 Å². The summed E-state index contributed by atoms with van der Waals surface area (Å²) in [6.07, 6.45) is 1.62. The van der Waals surface area contributed by atoms with Gasteiger partial charge in [-0.15, -0.1) is 0 Å². The first-order valence-electron chi connectivity index (χ1n) is 12.5. The second kappa shape index (κ2) is 12.4. The minimum atomic E-state index is -0.398. The first-order chi connectivity index (χ1) is 19.5. The Morgan fingerprint density at radius 2 is 1.57 bits per heavy atom. The van der Waals surface area contributed by atoms with Gasteiger partial charge >= 0.3 is 0 Å². The van der Waals surface area contributed by atoms with Crippen molar-refractivity contribution >= 4 is 51.4 Å². The fourth-order valence-corrected chi connectivity index (χ4v) is 5.50. The summed E-state index contributed by atoms with van der Waals surface area (Å²) >= 11 is 7.46. The van der Waals surface area contributed by atoms with Crippen LogP contribution < -0.4 is 18.9 Å². The van der Waals surface area contributed by atoms with E-state index in [1.54, 1.807) is 37.5 Å². The quantitative estimate of drug-likeness (QED) is 0.185. The zero-order valence-corrected chi connectivity index (χ0v) is 23.5. The molecule has 0 atom stereocenters. The van der Waals surface area contributed by atoms with Gasteiger partial charge in [0.25, 0.3) is 11.1 Å². The summed E-state index contributed by atoms with van der Waals surface area (Å²) in [5, 5.41) is 2.18. The summed E-state index contributed by atoms with van der Waals surface area (Å²) in [7, 11) is 3.07. The molecule has 1 aliphatic rings. The SMILES string of the molecule is COc1ccccc1OCCN1C(=O)S/C(=C\c2cc(Cl)c(OCc3cccc4ccccc34)c(OC)c2)C1=O. The highest BCUT2D eigenvalue weighted by atomic mass is 35.5. The van der Waals surface area contributed by atoms with Crippen LogP contribution in [0.4, 0.5) is 4.79 Å². The molecule has 40 heavy (non-hydrogen) atoms. The summed E-state index contributed by atoms with van der Waals surface area (Å²) in [5.41, 5.74) is 1.62. The van der Waals surface area contributed by atoms with Gasteiger partial charge in [-0.25, -0.2) is 0 Å². The van der Waals surface area contributed by atoms with Crippen LogP contribution in [0.25, 0.3) is 16.8 Å². The lowest BCUT2D eigenvalue weighted by Crippen LogP contribution is -2.32. The molecule has 7 nitrogen and oxygen atoms in total. The molecule has 0 N–H and O–H groups in total. The Morgan fingerprint density at radius 1 is 0.850 bits per heavy atom. The number of hydrogen-bond donors (Lipinski definition) is 0. The minimum absolute atomic E-state index is 0.102. The van der Waals surface area contributed by atoms with Gasteiger partial charge < -0.3 is 18.9 Å². The number of benzene rings is 4. The monoisotopic (exact) mass is 575 g/mol. The van der Waals surface area contributed by atoms with Crippen molar-refractivity contribution in [2.24, 2.45) is 0 Å². The Bertz CT molecular complexity index is 1600. The number of amides is 2. The molecule has 204 valence electrons. The molecule has 4 aromatic rings. The Morgan fingerprint density at radius 3 is 2.38 bits per heavy atom. The zero-order chi connectivity index (χ0) is 28.1. The number of carbonyl (C=O) groups is 2. The first-order valence-corrected chi connectivity index (χ1v) is 13.7. The molecule has 0 radical (unpaired) electrons. The summed E-state index contributed by atoms with van der Waals surface area (Å²) < 4.78 is 22.7. The lowest BCUT2D eigenvalue weighted by Gasteiger charge is -2.15. The van der Waals surface area contributed by atoms with E-state index in [4.69, 9.17) is 30.5 Å².